The summed E-state index contributed by atoms with van der Waals surface area (Å²) in [6, 6.07) is 0. The van der Waals surface area contributed by atoms with Crippen LogP contribution in [0.2, 0.25) is 0 Å². The van der Waals surface area contributed by atoms with Gasteiger partial charge in [-0.15, -0.1) is 0 Å². The zero-order valence-corrected chi connectivity index (χ0v) is 4.16. The molecule has 0 N–H and O–H groups in total. The maximum Gasteiger partial charge on any atom is 0.294 e. The minimum atomic E-state index is -3.91. The molecule has 0 aliphatic rings. The summed E-state index contributed by atoms with van der Waals surface area (Å²) in [5.74, 6) is -0.312. The van der Waals surface area contributed by atoms with E-state index in [0.29, 0.717) is 0 Å². The smallest absolute Gasteiger partial charge is 0.197 e. The molecular formula is C2H5O3S. The molecule has 0 unspecified atom stereocenters. The normalized spacial score (nSPS) is 11.7. The van der Waals surface area contributed by atoms with Crippen LogP contribution in [0.5, 0.6) is 0 Å². The molecule has 1 radical (unpaired) electrons. The molecule has 6 heavy (non-hydrogen) atoms. The summed E-state index contributed by atoms with van der Waals surface area (Å²) in [6.45, 7) is 1.31. The molecule has 0 aromatic heterocycles. The van der Waals surface area contributed by atoms with Crippen molar-refractivity contribution in [1.82, 2.24) is 0 Å². The van der Waals surface area contributed by atoms with E-state index in [0.717, 1.165) is 0 Å². The molecule has 4 heteroatoms. The average Bonchev–Trinajstić information content (AvgIpc) is 1.35. The van der Waals surface area contributed by atoms with Crippen molar-refractivity contribution in [3.05, 3.63) is 0 Å². The highest BCUT2D eigenvalue weighted by Crippen LogP contribution is 1.76. The van der Waals surface area contributed by atoms with Gasteiger partial charge in [-0.3, -0.25) is 0 Å². The lowest BCUT2D eigenvalue weighted by molar-refractivity contribution is 0.415. The van der Waals surface area contributed by atoms with Crippen molar-refractivity contribution >= 4 is 10.1 Å². The standard InChI is InChI=1S/C2H5O3S/c1-2-6(3,4)5/h2H2,1H3. The van der Waals surface area contributed by atoms with Crippen molar-refractivity contribution in [2.45, 2.75) is 6.92 Å². The first-order valence-corrected chi connectivity index (χ1v) is 3.07. The van der Waals surface area contributed by atoms with Gasteiger partial charge in [-0.05, 0) is 6.92 Å². The Morgan fingerprint density at radius 3 is 1.67 bits per heavy atom. The van der Waals surface area contributed by atoms with Crippen molar-refractivity contribution in [1.29, 1.82) is 0 Å². The Kier molecular flexibility index (Phi) is 1.55. The fourth-order valence-electron chi connectivity index (χ4n) is 0. The third-order valence-corrected chi connectivity index (χ3v) is 1.06. The summed E-state index contributed by atoms with van der Waals surface area (Å²) in [4.78, 5) is 0. The van der Waals surface area contributed by atoms with Gasteiger partial charge in [0.1, 0.15) is 0 Å². The van der Waals surface area contributed by atoms with Gasteiger partial charge in [-0.2, -0.15) is 8.42 Å². The molecule has 0 atom stereocenters. The molecule has 0 aromatic carbocycles. The molecule has 3 nitrogen and oxygen atoms in total. The van der Waals surface area contributed by atoms with Gasteiger partial charge >= 0.3 is 0 Å². The van der Waals surface area contributed by atoms with Crippen LogP contribution in [0, 0.1) is 0 Å². The summed E-state index contributed by atoms with van der Waals surface area (Å²) in [7, 11) is -3.91. The van der Waals surface area contributed by atoms with Gasteiger partial charge in [0.05, 0.1) is 5.75 Å². The number of hydrogen-bond acceptors (Lipinski definition) is 2. The van der Waals surface area contributed by atoms with Gasteiger partial charge in [-0.1, -0.05) is 4.55 Å². The topological polar surface area (TPSA) is 54.0 Å². The summed E-state index contributed by atoms with van der Waals surface area (Å²) in [5, 5.41) is 0. The molecule has 0 heterocycles. The third kappa shape index (κ3) is 3.91. The summed E-state index contributed by atoms with van der Waals surface area (Å²) in [5.41, 5.74) is 0. The maximum absolute atomic E-state index is 9.44. The van der Waals surface area contributed by atoms with Crippen LogP contribution in [-0.4, -0.2) is 14.2 Å². The van der Waals surface area contributed by atoms with E-state index in [1.807, 2.05) is 0 Å². The van der Waals surface area contributed by atoms with Crippen LogP contribution in [0.25, 0.3) is 0 Å². The van der Waals surface area contributed by atoms with Crippen LogP contribution in [0.4, 0.5) is 0 Å². The number of rotatable bonds is 1. The SMILES string of the molecule is CCS([O])(=O)=O. The van der Waals surface area contributed by atoms with E-state index in [4.69, 9.17) is 0 Å². The van der Waals surface area contributed by atoms with E-state index < -0.39 is 10.1 Å². The van der Waals surface area contributed by atoms with Crippen LogP contribution in [-0.2, 0) is 14.7 Å². The van der Waals surface area contributed by atoms with Crippen molar-refractivity contribution in [3.8, 4) is 0 Å². The summed E-state index contributed by atoms with van der Waals surface area (Å²) in [6.07, 6.45) is 0. The molecule has 0 saturated carbocycles. The van der Waals surface area contributed by atoms with E-state index in [-0.39, 0.29) is 5.75 Å². The Balaban J connectivity index is 3.85. The average molecular weight is 109 g/mol. The van der Waals surface area contributed by atoms with Gasteiger partial charge < -0.3 is 0 Å². The van der Waals surface area contributed by atoms with Crippen LogP contribution in [0.15, 0.2) is 0 Å². The molecule has 0 amide bonds. The molecule has 0 fully saturated rings. The highest BCUT2D eigenvalue weighted by Gasteiger charge is 1.96. The predicted molar refractivity (Wildman–Crippen MR) is 20.1 cm³/mol. The maximum atomic E-state index is 9.44. The first kappa shape index (κ1) is 5.91. The van der Waals surface area contributed by atoms with E-state index in [1.54, 1.807) is 0 Å². The van der Waals surface area contributed by atoms with E-state index >= 15 is 0 Å². The minimum Gasteiger partial charge on any atom is -0.197 e. The molecule has 37 valence electrons. The van der Waals surface area contributed by atoms with Crippen molar-refractivity contribution in [2.24, 2.45) is 0 Å². The molecule has 0 rings (SSSR count). The largest absolute Gasteiger partial charge is 0.294 e. The van der Waals surface area contributed by atoms with Crippen molar-refractivity contribution in [2.75, 3.05) is 5.75 Å². The number of hydrogen-bond donors (Lipinski definition) is 0. The van der Waals surface area contributed by atoms with E-state index in [1.165, 1.54) is 6.92 Å². The summed E-state index contributed by atoms with van der Waals surface area (Å²) >= 11 is 0. The van der Waals surface area contributed by atoms with E-state index in [2.05, 4.69) is 0 Å². The molecule has 0 aromatic rings. The van der Waals surface area contributed by atoms with Gasteiger partial charge in [0.2, 0.25) is 0 Å². The molecule has 0 spiro atoms. The Morgan fingerprint density at radius 2 is 1.67 bits per heavy atom. The second-order valence-electron chi connectivity index (χ2n) is 0.846. The Bertz CT molecular complexity index is 111. The zero-order valence-electron chi connectivity index (χ0n) is 3.34. The fraction of sp³-hybridized carbons (Fsp3) is 1.00. The highest BCUT2D eigenvalue weighted by atomic mass is 32.2. The second-order valence-corrected chi connectivity index (χ2v) is 2.54. The predicted octanol–water partition coefficient (Wildman–Crippen LogP) is -0.233. The first-order chi connectivity index (χ1) is 2.56. The zero-order chi connectivity index (χ0) is 5.21. The Morgan fingerprint density at radius 1 is 1.50 bits per heavy atom. The molecule has 0 aliphatic carbocycles. The van der Waals surface area contributed by atoms with Crippen LogP contribution in [0.1, 0.15) is 6.92 Å². The van der Waals surface area contributed by atoms with Crippen LogP contribution >= 0.6 is 0 Å². The van der Waals surface area contributed by atoms with Crippen molar-refractivity contribution < 1.29 is 13.0 Å². The molecule has 0 saturated heterocycles. The monoisotopic (exact) mass is 109 g/mol. The highest BCUT2D eigenvalue weighted by molar-refractivity contribution is 7.85. The van der Waals surface area contributed by atoms with Gasteiger partial charge in [0, 0.05) is 0 Å². The fourth-order valence-corrected chi connectivity index (χ4v) is 0. The quantitative estimate of drug-likeness (QED) is 0.467. The van der Waals surface area contributed by atoms with Crippen molar-refractivity contribution in [3.63, 3.8) is 0 Å². The third-order valence-electron chi connectivity index (χ3n) is 0.354. The minimum absolute atomic E-state index is 0.312. The lowest BCUT2D eigenvalue weighted by atomic mass is 11.0. The van der Waals surface area contributed by atoms with Gasteiger partial charge in [-0.25, -0.2) is 0 Å². The Hall–Kier alpha value is -0.0900. The summed E-state index contributed by atoms with van der Waals surface area (Å²) < 4.78 is 28.3. The Labute approximate surface area is 36.7 Å². The van der Waals surface area contributed by atoms with Gasteiger partial charge in [0.15, 0.2) is 0 Å². The van der Waals surface area contributed by atoms with Crippen LogP contribution < -0.4 is 0 Å². The lowest BCUT2D eigenvalue weighted by Crippen LogP contribution is -1.95. The lowest BCUT2D eigenvalue weighted by Gasteiger charge is -1.75. The van der Waals surface area contributed by atoms with Gasteiger partial charge in [0.25, 0.3) is 10.1 Å². The molecular weight excluding hydrogens is 104 g/mol. The molecule has 0 bridgehead atoms. The van der Waals surface area contributed by atoms with E-state index in [9.17, 15) is 13.0 Å². The second kappa shape index (κ2) is 1.57. The molecule has 0 aliphatic heterocycles. The van der Waals surface area contributed by atoms with Crippen LogP contribution in [0.3, 0.4) is 0 Å². The first-order valence-electron chi connectivity index (χ1n) is 1.50.